The van der Waals surface area contributed by atoms with Gasteiger partial charge in [-0.05, 0) is 62.2 Å². The maximum atomic E-state index is 13.4. The Morgan fingerprint density at radius 1 is 1.09 bits per heavy atom. The van der Waals surface area contributed by atoms with E-state index in [9.17, 15) is 14.4 Å². The molecule has 0 spiro atoms. The summed E-state index contributed by atoms with van der Waals surface area (Å²) in [6, 6.07) is 12.3. The summed E-state index contributed by atoms with van der Waals surface area (Å²) in [5.74, 6) is 0.0460. The maximum Gasteiger partial charge on any atom is 0.322 e. The number of fused-ring (bicyclic) bond motifs is 1. The van der Waals surface area contributed by atoms with Crippen LogP contribution in [-0.2, 0) is 9.59 Å². The second-order valence-corrected chi connectivity index (χ2v) is 8.98. The van der Waals surface area contributed by atoms with E-state index in [-0.39, 0.29) is 30.3 Å². The number of anilines is 2. The Morgan fingerprint density at radius 3 is 2.59 bits per heavy atom. The number of nitrogens with one attached hydrogen (secondary N) is 3. The first kappa shape index (κ1) is 23.9. The number of carbonyl (C=O) groups excluding carboxylic acids is 3. The molecule has 0 radical (unpaired) electrons. The van der Waals surface area contributed by atoms with E-state index in [1.807, 2.05) is 6.92 Å². The first-order chi connectivity index (χ1) is 16.4. The summed E-state index contributed by atoms with van der Waals surface area (Å²) in [5.41, 5.74) is 1.13. The Balaban J connectivity index is 1.51. The zero-order valence-electron chi connectivity index (χ0n) is 19.1. The normalized spacial score (nSPS) is 21.8. The number of benzene rings is 2. The fourth-order valence-electron chi connectivity index (χ4n) is 4.68. The zero-order chi connectivity index (χ0) is 24.1. The third-order valence-corrected chi connectivity index (χ3v) is 6.43. The van der Waals surface area contributed by atoms with E-state index in [0.717, 1.165) is 25.7 Å². The highest BCUT2D eigenvalue weighted by molar-refractivity contribution is 6.30. The maximum absolute atomic E-state index is 13.4. The van der Waals surface area contributed by atoms with Crippen molar-refractivity contribution in [2.45, 2.75) is 57.2 Å². The molecule has 34 heavy (non-hydrogen) atoms. The SMILES string of the molecule is CCOc1ccc(NC(=O)CC2C(=O)NC3CCCCC3N2C(=O)Nc2cccc(Cl)c2)cc1. The number of halogens is 1. The van der Waals surface area contributed by atoms with Crippen LogP contribution in [0, 0.1) is 0 Å². The van der Waals surface area contributed by atoms with Crippen LogP contribution in [0.5, 0.6) is 5.75 Å². The van der Waals surface area contributed by atoms with Gasteiger partial charge >= 0.3 is 6.03 Å². The largest absolute Gasteiger partial charge is 0.494 e. The molecule has 2 aromatic rings. The van der Waals surface area contributed by atoms with Crippen molar-refractivity contribution >= 4 is 40.8 Å². The van der Waals surface area contributed by atoms with Crippen molar-refractivity contribution in [1.82, 2.24) is 10.2 Å². The number of ether oxygens (including phenoxy) is 1. The van der Waals surface area contributed by atoms with Gasteiger partial charge in [-0.3, -0.25) is 9.59 Å². The minimum atomic E-state index is -0.916. The molecule has 1 saturated heterocycles. The lowest BCUT2D eigenvalue weighted by molar-refractivity contribution is -0.135. The quantitative estimate of drug-likeness (QED) is 0.565. The van der Waals surface area contributed by atoms with Gasteiger partial charge in [0.05, 0.1) is 19.1 Å². The van der Waals surface area contributed by atoms with Gasteiger partial charge in [0.1, 0.15) is 11.8 Å². The number of urea groups is 1. The summed E-state index contributed by atoms with van der Waals surface area (Å²) in [5, 5.41) is 9.21. The summed E-state index contributed by atoms with van der Waals surface area (Å²) in [4.78, 5) is 40.8. The summed E-state index contributed by atoms with van der Waals surface area (Å²) < 4.78 is 5.42. The molecule has 180 valence electrons. The van der Waals surface area contributed by atoms with E-state index in [0.29, 0.717) is 28.8 Å². The summed E-state index contributed by atoms with van der Waals surface area (Å²) >= 11 is 6.06. The Bertz CT molecular complexity index is 1050. The summed E-state index contributed by atoms with van der Waals surface area (Å²) in [6.07, 6.45) is 3.38. The van der Waals surface area contributed by atoms with Gasteiger partial charge in [-0.1, -0.05) is 30.5 Å². The topological polar surface area (TPSA) is 99.8 Å². The number of hydrogen-bond acceptors (Lipinski definition) is 4. The molecule has 9 heteroatoms. The van der Waals surface area contributed by atoms with E-state index < -0.39 is 12.1 Å². The number of amides is 4. The third kappa shape index (κ3) is 5.62. The molecule has 4 amide bonds. The standard InChI is InChI=1S/C25H29ClN4O4/c1-2-34-19-12-10-17(11-13-19)27-23(31)15-22-24(32)29-20-8-3-4-9-21(20)30(22)25(33)28-18-7-5-6-16(26)14-18/h5-7,10-14,20-22H,2-4,8-9,15H2,1H3,(H,27,31)(H,28,33)(H,29,32). The number of piperazine rings is 1. The Hall–Kier alpha value is -3.26. The lowest BCUT2D eigenvalue weighted by Crippen LogP contribution is -2.68. The molecule has 1 aliphatic heterocycles. The van der Waals surface area contributed by atoms with E-state index in [2.05, 4.69) is 16.0 Å². The van der Waals surface area contributed by atoms with E-state index >= 15 is 0 Å². The van der Waals surface area contributed by atoms with Crippen molar-refractivity contribution in [2.24, 2.45) is 0 Å². The second-order valence-electron chi connectivity index (χ2n) is 8.54. The van der Waals surface area contributed by atoms with Gasteiger partial charge in [0, 0.05) is 22.4 Å². The van der Waals surface area contributed by atoms with Crippen LogP contribution in [0.1, 0.15) is 39.0 Å². The molecule has 3 atom stereocenters. The lowest BCUT2D eigenvalue weighted by Gasteiger charge is -2.47. The zero-order valence-corrected chi connectivity index (χ0v) is 19.8. The van der Waals surface area contributed by atoms with Gasteiger partial charge in [-0.2, -0.15) is 0 Å². The van der Waals surface area contributed by atoms with Crippen molar-refractivity contribution in [1.29, 1.82) is 0 Å². The predicted octanol–water partition coefficient (Wildman–Crippen LogP) is 4.41. The van der Waals surface area contributed by atoms with Crippen LogP contribution in [0.2, 0.25) is 5.02 Å². The molecule has 1 heterocycles. The second kappa shape index (κ2) is 10.8. The van der Waals surface area contributed by atoms with Crippen molar-refractivity contribution in [3.63, 3.8) is 0 Å². The Kier molecular flexibility index (Phi) is 7.57. The molecule has 4 rings (SSSR count). The molecule has 3 N–H and O–H groups in total. The van der Waals surface area contributed by atoms with Gasteiger partial charge in [-0.25, -0.2) is 4.79 Å². The number of nitrogens with zero attached hydrogens (tertiary/aromatic N) is 1. The molecule has 0 aromatic heterocycles. The lowest BCUT2D eigenvalue weighted by atomic mass is 9.85. The highest BCUT2D eigenvalue weighted by Crippen LogP contribution is 2.30. The fraction of sp³-hybridized carbons (Fsp3) is 0.400. The highest BCUT2D eigenvalue weighted by atomic mass is 35.5. The predicted molar refractivity (Wildman–Crippen MR) is 131 cm³/mol. The average molecular weight is 485 g/mol. The van der Waals surface area contributed by atoms with Crippen molar-refractivity contribution in [3.8, 4) is 5.75 Å². The van der Waals surface area contributed by atoms with Crippen molar-refractivity contribution in [3.05, 3.63) is 53.6 Å². The molecule has 3 unspecified atom stereocenters. The van der Waals surface area contributed by atoms with Crippen molar-refractivity contribution in [2.75, 3.05) is 17.2 Å². The highest BCUT2D eigenvalue weighted by Gasteiger charge is 2.46. The molecule has 1 aliphatic carbocycles. The molecular weight excluding hydrogens is 456 g/mol. The van der Waals surface area contributed by atoms with Gasteiger partial charge in [0.2, 0.25) is 11.8 Å². The molecule has 8 nitrogen and oxygen atoms in total. The van der Waals surface area contributed by atoms with Crippen LogP contribution in [0.4, 0.5) is 16.2 Å². The van der Waals surface area contributed by atoms with E-state index in [4.69, 9.17) is 16.3 Å². The Morgan fingerprint density at radius 2 is 1.85 bits per heavy atom. The monoisotopic (exact) mass is 484 g/mol. The summed E-state index contributed by atoms with van der Waals surface area (Å²) in [6.45, 7) is 2.45. The van der Waals surface area contributed by atoms with E-state index in [1.54, 1.807) is 53.4 Å². The fourth-order valence-corrected chi connectivity index (χ4v) is 4.87. The van der Waals surface area contributed by atoms with E-state index in [1.165, 1.54) is 0 Å². The van der Waals surface area contributed by atoms with Gasteiger partial charge in [-0.15, -0.1) is 0 Å². The first-order valence-electron chi connectivity index (χ1n) is 11.6. The molecule has 2 aromatic carbocycles. The van der Waals surface area contributed by atoms with Crippen LogP contribution in [-0.4, -0.2) is 47.5 Å². The average Bonchev–Trinajstić information content (AvgIpc) is 2.81. The molecule has 1 saturated carbocycles. The van der Waals surface area contributed by atoms with Crippen LogP contribution in [0.15, 0.2) is 48.5 Å². The first-order valence-corrected chi connectivity index (χ1v) is 12.0. The Labute approximate surface area is 204 Å². The van der Waals surface area contributed by atoms with Crippen LogP contribution in [0.25, 0.3) is 0 Å². The molecule has 2 fully saturated rings. The number of hydrogen-bond donors (Lipinski definition) is 3. The van der Waals surface area contributed by atoms with Crippen molar-refractivity contribution < 1.29 is 19.1 Å². The van der Waals surface area contributed by atoms with Crippen LogP contribution >= 0.6 is 11.6 Å². The van der Waals surface area contributed by atoms with Gasteiger partial charge in [0.15, 0.2) is 0 Å². The molecular formula is C25H29ClN4O4. The number of rotatable bonds is 6. The number of carbonyl (C=O) groups is 3. The summed E-state index contributed by atoms with van der Waals surface area (Å²) in [7, 11) is 0. The van der Waals surface area contributed by atoms with Crippen LogP contribution in [0.3, 0.4) is 0 Å². The minimum absolute atomic E-state index is 0.114. The smallest absolute Gasteiger partial charge is 0.322 e. The van der Waals surface area contributed by atoms with Gasteiger partial charge < -0.3 is 25.6 Å². The van der Waals surface area contributed by atoms with Crippen LogP contribution < -0.4 is 20.7 Å². The minimum Gasteiger partial charge on any atom is -0.494 e. The molecule has 0 bridgehead atoms. The third-order valence-electron chi connectivity index (χ3n) is 6.19. The molecule has 2 aliphatic rings. The van der Waals surface area contributed by atoms with Gasteiger partial charge in [0.25, 0.3) is 0 Å².